The highest BCUT2D eigenvalue weighted by Gasteiger charge is 2.28. The number of aromatic nitrogens is 3. The van der Waals surface area contributed by atoms with Gasteiger partial charge in [-0.3, -0.25) is 4.98 Å². The number of nitrogens with zero attached hydrogens (tertiary/aromatic N) is 5. The lowest BCUT2D eigenvalue weighted by Gasteiger charge is -2.21. The summed E-state index contributed by atoms with van der Waals surface area (Å²) in [7, 11) is 0. The Kier molecular flexibility index (Phi) is 6.08. The number of rotatable bonds is 6. The van der Waals surface area contributed by atoms with E-state index in [1.165, 1.54) is 0 Å². The minimum Gasteiger partial charge on any atom is -0.354 e. The molecule has 7 nitrogen and oxygen atoms in total. The Morgan fingerprint density at radius 1 is 1.32 bits per heavy atom. The van der Waals surface area contributed by atoms with Gasteiger partial charge in [-0.15, -0.1) is 0 Å². The first-order valence-corrected chi connectivity index (χ1v) is 10.4. The molecule has 3 heterocycles. The van der Waals surface area contributed by atoms with Crippen molar-refractivity contribution in [3.8, 4) is 6.07 Å². The Balaban J connectivity index is 1.59. The van der Waals surface area contributed by atoms with Gasteiger partial charge >= 0.3 is 0 Å². The van der Waals surface area contributed by atoms with Gasteiger partial charge in [0.25, 0.3) is 0 Å². The Bertz CT molecular complexity index is 1120. The summed E-state index contributed by atoms with van der Waals surface area (Å²) >= 11 is 0. The molecule has 4 rings (SSSR count). The highest BCUT2D eigenvalue weighted by Crippen LogP contribution is 2.31. The maximum absolute atomic E-state index is 10.0. The summed E-state index contributed by atoms with van der Waals surface area (Å²) in [5, 5.41) is 16.8. The molecule has 156 valence electrons. The lowest BCUT2D eigenvalue weighted by Crippen LogP contribution is -2.23. The maximum Gasteiger partial charge on any atom is 0.223 e. The summed E-state index contributed by atoms with van der Waals surface area (Å²) in [4.78, 5) is 15.4. The van der Waals surface area contributed by atoms with Gasteiger partial charge in [-0.05, 0) is 44.0 Å². The molecule has 2 aliphatic rings. The van der Waals surface area contributed by atoms with Gasteiger partial charge in [-0.25, -0.2) is 9.97 Å². The van der Waals surface area contributed by atoms with Gasteiger partial charge in [0.05, 0.1) is 11.4 Å². The molecule has 0 amide bonds. The number of hydrogen-bond donors (Lipinski definition) is 2. The zero-order chi connectivity index (χ0) is 21.6. The van der Waals surface area contributed by atoms with E-state index in [1.807, 2.05) is 43.5 Å². The molecule has 1 aliphatic carbocycles. The Morgan fingerprint density at radius 2 is 2.23 bits per heavy atom. The van der Waals surface area contributed by atoms with Crippen molar-refractivity contribution in [3.05, 3.63) is 89.1 Å². The minimum atomic E-state index is 0.508. The number of allylic oxidation sites excluding steroid dienone is 5. The van der Waals surface area contributed by atoms with E-state index in [9.17, 15) is 5.26 Å². The Labute approximate surface area is 182 Å². The third-order valence-corrected chi connectivity index (χ3v) is 5.16. The first-order valence-electron chi connectivity index (χ1n) is 10.4. The van der Waals surface area contributed by atoms with Crippen molar-refractivity contribution in [3.63, 3.8) is 0 Å². The SMILES string of the molecule is CCN1C2=C(CC=CC=C2)N/C1=C(/C#N)c1cc(C)nc(NCCc2cccnc2)n1. The van der Waals surface area contributed by atoms with E-state index in [1.54, 1.807) is 6.20 Å². The van der Waals surface area contributed by atoms with Gasteiger partial charge in [-0.1, -0.05) is 24.3 Å². The van der Waals surface area contributed by atoms with Gasteiger partial charge in [0.1, 0.15) is 17.5 Å². The molecule has 0 aromatic carbocycles. The van der Waals surface area contributed by atoms with Gasteiger partial charge in [0.15, 0.2) is 0 Å². The fraction of sp³-hybridized carbons (Fsp3) is 0.250. The second-order valence-electron chi connectivity index (χ2n) is 7.32. The molecule has 0 saturated heterocycles. The maximum atomic E-state index is 10.0. The monoisotopic (exact) mass is 411 g/mol. The first-order chi connectivity index (χ1) is 15.2. The summed E-state index contributed by atoms with van der Waals surface area (Å²) in [6, 6.07) is 8.19. The minimum absolute atomic E-state index is 0.508. The molecule has 2 N–H and O–H groups in total. The number of nitriles is 1. The molecule has 7 heteroatoms. The van der Waals surface area contributed by atoms with Crippen LogP contribution in [0.25, 0.3) is 5.57 Å². The zero-order valence-corrected chi connectivity index (χ0v) is 17.8. The molecule has 0 radical (unpaired) electrons. The van der Waals surface area contributed by atoms with E-state index in [2.05, 4.69) is 55.6 Å². The lowest BCUT2D eigenvalue weighted by atomic mass is 10.1. The fourth-order valence-electron chi connectivity index (χ4n) is 3.71. The van der Waals surface area contributed by atoms with E-state index in [0.29, 0.717) is 23.8 Å². The van der Waals surface area contributed by atoms with E-state index < -0.39 is 0 Å². The van der Waals surface area contributed by atoms with Crippen molar-refractivity contribution in [2.45, 2.75) is 26.7 Å². The van der Waals surface area contributed by atoms with E-state index in [-0.39, 0.29) is 0 Å². The second-order valence-corrected chi connectivity index (χ2v) is 7.32. The molecule has 0 fully saturated rings. The highest BCUT2D eigenvalue weighted by molar-refractivity contribution is 5.78. The summed E-state index contributed by atoms with van der Waals surface area (Å²) in [6.07, 6.45) is 13.5. The van der Waals surface area contributed by atoms with Crippen molar-refractivity contribution in [1.82, 2.24) is 25.2 Å². The zero-order valence-electron chi connectivity index (χ0n) is 17.8. The second kappa shape index (κ2) is 9.26. The van der Waals surface area contributed by atoms with Crippen LogP contribution in [0.4, 0.5) is 5.95 Å². The fourth-order valence-corrected chi connectivity index (χ4v) is 3.71. The topological polar surface area (TPSA) is 89.8 Å². The third-order valence-electron chi connectivity index (χ3n) is 5.16. The van der Waals surface area contributed by atoms with Crippen molar-refractivity contribution >= 4 is 11.5 Å². The third kappa shape index (κ3) is 4.48. The predicted octanol–water partition coefficient (Wildman–Crippen LogP) is 3.68. The van der Waals surface area contributed by atoms with Crippen LogP contribution in [-0.4, -0.2) is 32.9 Å². The van der Waals surface area contributed by atoms with Crippen molar-refractivity contribution in [2.75, 3.05) is 18.4 Å². The number of anilines is 1. The molecule has 1 aliphatic heterocycles. The molecule has 0 spiro atoms. The summed E-state index contributed by atoms with van der Waals surface area (Å²) in [5.74, 6) is 1.29. The Hall–Kier alpha value is -3.92. The average Bonchev–Trinajstić information content (AvgIpc) is 2.95. The number of aryl methyl sites for hydroxylation is 1. The molecular formula is C24H25N7. The molecule has 0 bridgehead atoms. The van der Waals surface area contributed by atoms with Gasteiger partial charge in [0, 0.05) is 43.3 Å². The number of nitrogens with one attached hydrogen (secondary N) is 2. The van der Waals surface area contributed by atoms with Crippen molar-refractivity contribution in [1.29, 1.82) is 5.26 Å². The number of likely N-dealkylation sites (N-methyl/N-ethyl adjacent to an activating group) is 1. The smallest absolute Gasteiger partial charge is 0.223 e. The highest BCUT2D eigenvalue weighted by atomic mass is 15.3. The molecule has 0 atom stereocenters. The van der Waals surface area contributed by atoms with Crippen LogP contribution in [-0.2, 0) is 6.42 Å². The van der Waals surface area contributed by atoms with Gasteiger partial charge in [-0.2, -0.15) is 5.26 Å². The molecule has 0 unspecified atom stereocenters. The van der Waals surface area contributed by atoms with Gasteiger partial charge in [0.2, 0.25) is 5.95 Å². The molecule has 31 heavy (non-hydrogen) atoms. The van der Waals surface area contributed by atoms with Gasteiger partial charge < -0.3 is 15.5 Å². The van der Waals surface area contributed by atoms with E-state index >= 15 is 0 Å². The standard InChI is InChI=1S/C24H25N7/c1-3-31-22-10-6-4-5-9-20(22)29-23(31)19(15-25)21-14-17(2)28-24(30-21)27-13-11-18-8-7-12-26-16-18/h4-8,10,12,14,16,29H,3,9,11,13H2,1-2H3,(H,27,28,30)/b23-19+. The van der Waals surface area contributed by atoms with Crippen LogP contribution < -0.4 is 10.6 Å². The normalized spacial score (nSPS) is 16.5. The first kappa shape index (κ1) is 20.4. The molecular weight excluding hydrogens is 386 g/mol. The van der Waals surface area contributed by atoms with E-state index in [0.717, 1.165) is 47.9 Å². The Morgan fingerprint density at radius 3 is 3.00 bits per heavy atom. The van der Waals surface area contributed by atoms with Crippen LogP contribution in [0.5, 0.6) is 0 Å². The van der Waals surface area contributed by atoms with Crippen molar-refractivity contribution < 1.29 is 0 Å². The largest absolute Gasteiger partial charge is 0.354 e. The molecule has 2 aromatic rings. The molecule has 0 saturated carbocycles. The van der Waals surface area contributed by atoms with Crippen LogP contribution in [0.2, 0.25) is 0 Å². The number of hydrogen-bond acceptors (Lipinski definition) is 7. The average molecular weight is 412 g/mol. The van der Waals surface area contributed by atoms with Crippen LogP contribution >= 0.6 is 0 Å². The van der Waals surface area contributed by atoms with Crippen LogP contribution in [0.1, 0.15) is 30.3 Å². The van der Waals surface area contributed by atoms with Crippen LogP contribution in [0.3, 0.4) is 0 Å². The summed E-state index contributed by atoms with van der Waals surface area (Å²) in [5.41, 5.74) is 5.25. The predicted molar refractivity (Wildman–Crippen MR) is 121 cm³/mol. The molecule has 2 aromatic heterocycles. The quantitative estimate of drug-likeness (QED) is 0.701. The summed E-state index contributed by atoms with van der Waals surface area (Å²) in [6.45, 7) is 5.42. The summed E-state index contributed by atoms with van der Waals surface area (Å²) < 4.78 is 0. The van der Waals surface area contributed by atoms with Crippen LogP contribution in [0.15, 0.2) is 72.1 Å². The van der Waals surface area contributed by atoms with Crippen LogP contribution in [0, 0.1) is 18.3 Å². The number of pyridine rings is 1. The lowest BCUT2D eigenvalue weighted by molar-refractivity contribution is 0.473. The van der Waals surface area contributed by atoms with Crippen molar-refractivity contribution in [2.24, 2.45) is 0 Å². The van der Waals surface area contributed by atoms with E-state index in [4.69, 9.17) is 0 Å².